The number of aryl methyl sites for hydroxylation is 1. The van der Waals surface area contributed by atoms with Crippen LogP contribution in [0, 0.1) is 23.2 Å². The van der Waals surface area contributed by atoms with E-state index in [4.69, 9.17) is 0 Å². The van der Waals surface area contributed by atoms with Crippen molar-refractivity contribution in [3.05, 3.63) is 20.8 Å². The summed E-state index contributed by atoms with van der Waals surface area (Å²) in [5.41, 5.74) is 0.114. The number of aromatic amines is 1. The number of nitrogens with zero attached hydrogens (tertiary/aromatic N) is 2. The SMILES string of the molecule is CC(C)[C@](C)(C#N)NC(=O)CSc1nc2sc3c(c2c(=O)[nH]1)CC[C@H](C)C3. The second-order valence-electron chi connectivity index (χ2n) is 7.71. The van der Waals surface area contributed by atoms with Gasteiger partial charge in [-0.1, -0.05) is 32.5 Å². The third-order valence-electron chi connectivity index (χ3n) is 5.27. The number of rotatable bonds is 5. The average molecular weight is 405 g/mol. The lowest BCUT2D eigenvalue weighted by molar-refractivity contribution is -0.120. The number of fused-ring (bicyclic) bond motifs is 3. The lowest BCUT2D eigenvalue weighted by atomic mass is 9.89. The van der Waals surface area contributed by atoms with Crippen molar-refractivity contribution < 1.29 is 4.79 Å². The third-order valence-corrected chi connectivity index (χ3v) is 7.29. The Bertz CT molecular complexity index is 972. The maximum absolute atomic E-state index is 12.6. The number of thioether (sulfide) groups is 1. The Balaban J connectivity index is 1.76. The molecule has 0 aliphatic heterocycles. The van der Waals surface area contributed by atoms with Crippen LogP contribution in [0.15, 0.2) is 9.95 Å². The zero-order valence-corrected chi connectivity index (χ0v) is 17.6. The highest BCUT2D eigenvalue weighted by Gasteiger charge is 2.30. The van der Waals surface area contributed by atoms with Crippen LogP contribution in [0.5, 0.6) is 0 Å². The predicted molar refractivity (Wildman–Crippen MR) is 109 cm³/mol. The number of hydrogen-bond acceptors (Lipinski definition) is 6. The molecule has 2 N–H and O–H groups in total. The van der Waals surface area contributed by atoms with Gasteiger partial charge >= 0.3 is 0 Å². The third kappa shape index (κ3) is 4.04. The van der Waals surface area contributed by atoms with E-state index in [1.54, 1.807) is 18.3 Å². The molecule has 8 heteroatoms. The molecular weight excluding hydrogens is 380 g/mol. The summed E-state index contributed by atoms with van der Waals surface area (Å²) in [5.74, 6) is 0.476. The minimum absolute atomic E-state index is 0.00874. The number of nitrogens with one attached hydrogen (secondary N) is 2. The molecule has 2 heterocycles. The van der Waals surface area contributed by atoms with Gasteiger partial charge in [0.25, 0.3) is 5.56 Å². The maximum Gasteiger partial charge on any atom is 0.260 e. The second kappa shape index (κ2) is 7.64. The van der Waals surface area contributed by atoms with Crippen LogP contribution in [0.25, 0.3) is 10.2 Å². The highest BCUT2D eigenvalue weighted by Crippen LogP contribution is 2.36. The molecule has 0 radical (unpaired) electrons. The van der Waals surface area contributed by atoms with E-state index >= 15 is 0 Å². The predicted octanol–water partition coefficient (Wildman–Crippen LogP) is 3.26. The molecule has 0 spiro atoms. The van der Waals surface area contributed by atoms with Crippen molar-refractivity contribution in [2.75, 3.05) is 5.75 Å². The van der Waals surface area contributed by atoms with Gasteiger partial charge in [-0.05, 0) is 43.6 Å². The first-order valence-corrected chi connectivity index (χ1v) is 10.9. The van der Waals surface area contributed by atoms with Crippen LogP contribution in [0.1, 0.15) is 44.6 Å². The average Bonchev–Trinajstić information content (AvgIpc) is 2.97. The summed E-state index contributed by atoms with van der Waals surface area (Å²) >= 11 is 2.78. The Morgan fingerprint density at radius 2 is 2.30 bits per heavy atom. The maximum atomic E-state index is 12.6. The van der Waals surface area contributed by atoms with Gasteiger partial charge in [0, 0.05) is 4.88 Å². The van der Waals surface area contributed by atoms with E-state index in [0.29, 0.717) is 16.5 Å². The fourth-order valence-electron chi connectivity index (χ4n) is 3.16. The van der Waals surface area contributed by atoms with Crippen molar-refractivity contribution >= 4 is 39.2 Å². The zero-order valence-electron chi connectivity index (χ0n) is 16.0. The van der Waals surface area contributed by atoms with Crippen LogP contribution in [0.2, 0.25) is 0 Å². The van der Waals surface area contributed by atoms with Crippen LogP contribution < -0.4 is 10.9 Å². The molecule has 1 aliphatic rings. The molecule has 27 heavy (non-hydrogen) atoms. The molecule has 0 bridgehead atoms. The molecule has 2 atom stereocenters. The summed E-state index contributed by atoms with van der Waals surface area (Å²) in [5, 5.41) is 13.2. The molecule has 6 nitrogen and oxygen atoms in total. The number of aromatic nitrogens is 2. The van der Waals surface area contributed by atoms with Crippen LogP contribution in [-0.2, 0) is 17.6 Å². The van der Waals surface area contributed by atoms with Gasteiger partial charge < -0.3 is 10.3 Å². The van der Waals surface area contributed by atoms with E-state index in [-0.39, 0.29) is 23.1 Å². The first-order chi connectivity index (χ1) is 12.7. The van der Waals surface area contributed by atoms with Crippen LogP contribution in [0.3, 0.4) is 0 Å². The Morgan fingerprint density at radius 1 is 1.56 bits per heavy atom. The van der Waals surface area contributed by atoms with E-state index in [1.807, 2.05) is 13.8 Å². The normalized spacial score (nSPS) is 18.7. The van der Waals surface area contributed by atoms with E-state index < -0.39 is 5.54 Å². The van der Waals surface area contributed by atoms with Crippen molar-refractivity contribution in [3.8, 4) is 6.07 Å². The van der Waals surface area contributed by atoms with Crippen LogP contribution in [-0.4, -0.2) is 27.2 Å². The molecule has 3 rings (SSSR count). The topological polar surface area (TPSA) is 98.6 Å². The summed E-state index contributed by atoms with van der Waals surface area (Å²) in [6.07, 6.45) is 3.03. The van der Waals surface area contributed by atoms with E-state index in [2.05, 4.69) is 28.3 Å². The Morgan fingerprint density at radius 3 is 2.96 bits per heavy atom. The fraction of sp³-hybridized carbons (Fsp3) is 0.579. The van der Waals surface area contributed by atoms with Gasteiger partial charge in [0.05, 0.1) is 17.2 Å². The molecule has 0 unspecified atom stereocenters. The van der Waals surface area contributed by atoms with Crippen molar-refractivity contribution in [1.82, 2.24) is 15.3 Å². The summed E-state index contributed by atoms with van der Waals surface area (Å²) in [7, 11) is 0. The molecule has 0 saturated carbocycles. The lowest BCUT2D eigenvalue weighted by Crippen LogP contribution is -2.49. The van der Waals surface area contributed by atoms with Gasteiger partial charge in [-0.3, -0.25) is 9.59 Å². The molecule has 1 amide bonds. The number of thiophene rings is 1. The first kappa shape index (κ1) is 19.9. The Hall–Kier alpha value is -1.85. The first-order valence-electron chi connectivity index (χ1n) is 9.13. The smallest absolute Gasteiger partial charge is 0.260 e. The van der Waals surface area contributed by atoms with Gasteiger partial charge in [-0.25, -0.2) is 4.98 Å². The number of amides is 1. The molecule has 0 aromatic carbocycles. The standard InChI is InChI=1S/C19H24N4O2S2/c1-10(2)19(4,9-20)23-14(24)8-26-18-21-16(25)15-12-6-5-11(3)7-13(12)27-17(15)22-18/h10-11H,5-8H2,1-4H3,(H,23,24)(H,21,22,25)/t11-,19-/m0/s1. The number of H-pyrrole nitrogens is 1. The Kier molecular flexibility index (Phi) is 5.63. The fourth-order valence-corrected chi connectivity index (χ4v) is 5.26. The number of nitriles is 1. The molecule has 1 aliphatic carbocycles. The molecule has 0 saturated heterocycles. The van der Waals surface area contributed by atoms with Gasteiger partial charge in [0.15, 0.2) is 5.16 Å². The minimum Gasteiger partial charge on any atom is -0.337 e. The van der Waals surface area contributed by atoms with Gasteiger partial charge in [-0.15, -0.1) is 11.3 Å². The molecular formula is C19H24N4O2S2. The monoisotopic (exact) mass is 404 g/mol. The molecule has 2 aromatic heterocycles. The minimum atomic E-state index is -0.911. The summed E-state index contributed by atoms with van der Waals surface area (Å²) in [6.45, 7) is 7.73. The van der Waals surface area contributed by atoms with Crippen molar-refractivity contribution in [1.29, 1.82) is 5.26 Å². The van der Waals surface area contributed by atoms with Crippen molar-refractivity contribution in [2.45, 2.75) is 57.7 Å². The van der Waals surface area contributed by atoms with E-state index in [1.165, 1.54) is 16.6 Å². The van der Waals surface area contributed by atoms with Crippen LogP contribution in [0.4, 0.5) is 0 Å². The second-order valence-corrected chi connectivity index (χ2v) is 9.76. The summed E-state index contributed by atoms with van der Waals surface area (Å²) in [4.78, 5) is 34.2. The highest BCUT2D eigenvalue weighted by molar-refractivity contribution is 7.99. The Labute approximate surface area is 166 Å². The molecule has 2 aromatic rings. The van der Waals surface area contributed by atoms with E-state index in [0.717, 1.165) is 29.7 Å². The van der Waals surface area contributed by atoms with Gasteiger partial charge in [0.1, 0.15) is 10.4 Å². The molecule has 0 fully saturated rings. The quantitative estimate of drug-likeness (QED) is 0.589. The number of carbonyl (C=O) groups excluding carboxylic acids is 1. The van der Waals surface area contributed by atoms with E-state index in [9.17, 15) is 14.9 Å². The largest absolute Gasteiger partial charge is 0.337 e. The highest BCUT2D eigenvalue weighted by atomic mass is 32.2. The molecule has 144 valence electrons. The summed E-state index contributed by atoms with van der Waals surface area (Å²) in [6, 6.07) is 2.16. The lowest BCUT2D eigenvalue weighted by Gasteiger charge is -2.27. The number of carbonyl (C=O) groups is 1. The summed E-state index contributed by atoms with van der Waals surface area (Å²) < 4.78 is 0. The van der Waals surface area contributed by atoms with Gasteiger partial charge in [-0.2, -0.15) is 5.26 Å². The number of hydrogen-bond donors (Lipinski definition) is 2. The van der Waals surface area contributed by atoms with Crippen molar-refractivity contribution in [3.63, 3.8) is 0 Å². The van der Waals surface area contributed by atoms with Crippen molar-refractivity contribution in [2.24, 2.45) is 11.8 Å². The van der Waals surface area contributed by atoms with Crippen LogP contribution >= 0.6 is 23.1 Å². The zero-order chi connectivity index (χ0) is 19.8. The van der Waals surface area contributed by atoms with Gasteiger partial charge in [0.2, 0.25) is 5.91 Å².